The highest BCUT2D eigenvalue weighted by Crippen LogP contribution is 2.22. The summed E-state index contributed by atoms with van der Waals surface area (Å²) in [7, 11) is 1.61. The third-order valence-electron chi connectivity index (χ3n) is 1.67. The van der Waals surface area contributed by atoms with E-state index in [0.29, 0.717) is 24.0 Å². The molecule has 3 nitrogen and oxygen atoms in total. The number of hydrogen-bond acceptors (Lipinski definition) is 3. The maximum Gasteiger partial charge on any atom is 0.137 e. The molecule has 0 aliphatic rings. The topological polar surface area (TPSA) is 44.5 Å². The maximum atomic E-state index is 5.89. The summed E-state index contributed by atoms with van der Waals surface area (Å²) in [6, 6.07) is 7.17. The summed E-state index contributed by atoms with van der Waals surface area (Å²) in [4.78, 5) is 0. The third kappa shape index (κ3) is 3.54. The van der Waals surface area contributed by atoms with E-state index in [1.165, 1.54) is 0 Å². The number of ether oxygens (including phenoxy) is 2. The average molecular weight is 216 g/mol. The van der Waals surface area contributed by atoms with E-state index in [4.69, 9.17) is 26.8 Å². The fourth-order valence-corrected chi connectivity index (χ4v) is 1.21. The van der Waals surface area contributed by atoms with Crippen LogP contribution >= 0.6 is 11.6 Å². The molecule has 1 rings (SSSR count). The van der Waals surface area contributed by atoms with E-state index >= 15 is 0 Å². The van der Waals surface area contributed by atoms with Crippen LogP contribution in [-0.4, -0.2) is 26.4 Å². The molecular formula is C10H14ClNO2. The van der Waals surface area contributed by atoms with Gasteiger partial charge >= 0.3 is 0 Å². The number of para-hydroxylation sites is 1. The van der Waals surface area contributed by atoms with Gasteiger partial charge in [-0.15, -0.1) is 0 Å². The van der Waals surface area contributed by atoms with Crippen molar-refractivity contribution in [1.29, 1.82) is 0 Å². The molecule has 0 amide bonds. The summed E-state index contributed by atoms with van der Waals surface area (Å²) in [6.07, 6.45) is 0. The highest BCUT2D eigenvalue weighted by molar-refractivity contribution is 6.32. The first-order valence-corrected chi connectivity index (χ1v) is 4.73. The van der Waals surface area contributed by atoms with Crippen LogP contribution in [0.15, 0.2) is 24.3 Å². The molecule has 0 saturated carbocycles. The van der Waals surface area contributed by atoms with Gasteiger partial charge in [-0.2, -0.15) is 0 Å². The van der Waals surface area contributed by atoms with Crippen molar-refractivity contribution < 1.29 is 9.47 Å². The molecule has 0 heterocycles. The van der Waals surface area contributed by atoms with Crippen molar-refractivity contribution in [3.63, 3.8) is 0 Å². The summed E-state index contributed by atoms with van der Waals surface area (Å²) in [6.45, 7) is 0.877. The van der Waals surface area contributed by atoms with Crippen LogP contribution in [-0.2, 0) is 4.74 Å². The smallest absolute Gasteiger partial charge is 0.137 e. The van der Waals surface area contributed by atoms with E-state index < -0.39 is 0 Å². The largest absolute Gasteiger partial charge is 0.490 e. The van der Waals surface area contributed by atoms with E-state index in [-0.39, 0.29) is 6.04 Å². The summed E-state index contributed by atoms with van der Waals surface area (Å²) in [5.74, 6) is 0.653. The third-order valence-corrected chi connectivity index (χ3v) is 1.98. The Balaban J connectivity index is 2.41. The Morgan fingerprint density at radius 3 is 2.71 bits per heavy atom. The van der Waals surface area contributed by atoms with Crippen molar-refractivity contribution in [3.05, 3.63) is 29.3 Å². The average Bonchev–Trinajstić information content (AvgIpc) is 2.17. The molecule has 1 unspecified atom stereocenters. The minimum Gasteiger partial charge on any atom is -0.490 e. The number of nitrogens with two attached hydrogens (primary N) is 1. The normalized spacial score (nSPS) is 12.5. The summed E-state index contributed by atoms with van der Waals surface area (Å²) >= 11 is 5.89. The second-order valence-corrected chi connectivity index (χ2v) is 3.36. The van der Waals surface area contributed by atoms with Crippen LogP contribution in [0.3, 0.4) is 0 Å². The molecule has 0 saturated heterocycles. The van der Waals surface area contributed by atoms with E-state index in [0.717, 1.165) is 0 Å². The van der Waals surface area contributed by atoms with Crippen molar-refractivity contribution in [2.24, 2.45) is 5.73 Å². The minimum atomic E-state index is -0.128. The number of benzene rings is 1. The SMILES string of the molecule is COCC(N)COc1ccccc1Cl. The fourth-order valence-electron chi connectivity index (χ4n) is 1.02. The van der Waals surface area contributed by atoms with Gasteiger partial charge in [-0.1, -0.05) is 23.7 Å². The van der Waals surface area contributed by atoms with Crippen LogP contribution in [0.4, 0.5) is 0 Å². The molecule has 2 N–H and O–H groups in total. The van der Waals surface area contributed by atoms with Crippen molar-refractivity contribution in [2.45, 2.75) is 6.04 Å². The quantitative estimate of drug-likeness (QED) is 0.813. The lowest BCUT2D eigenvalue weighted by molar-refractivity contribution is 0.152. The van der Waals surface area contributed by atoms with Crippen LogP contribution in [0.1, 0.15) is 0 Å². The van der Waals surface area contributed by atoms with Crippen LogP contribution in [0.2, 0.25) is 5.02 Å². The lowest BCUT2D eigenvalue weighted by Crippen LogP contribution is -2.32. The van der Waals surface area contributed by atoms with Crippen molar-refractivity contribution in [1.82, 2.24) is 0 Å². The van der Waals surface area contributed by atoms with Gasteiger partial charge in [-0.3, -0.25) is 0 Å². The molecule has 0 aliphatic heterocycles. The number of methoxy groups -OCH3 is 1. The van der Waals surface area contributed by atoms with Crippen molar-refractivity contribution in [2.75, 3.05) is 20.3 Å². The van der Waals surface area contributed by atoms with Gasteiger partial charge in [-0.25, -0.2) is 0 Å². The summed E-state index contributed by atoms with van der Waals surface area (Å²) in [5.41, 5.74) is 5.69. The maximum absolute atomic E-state index is 5.89. The van der Waals surface area contributed by atoms with Crippen LogP contribution in [0, 0.1) is 0 Å². The molecular weight excluding hydrogens is 202 g/mol. The lowest BCUT2D eigenvalue weighted by atomic mass is 10.3. The van der Waals surface area contributed by atoms with Gasteiger partial charge in [0.2, 0.25) is 0 Å². The van der Waals surface area contributed by atoms with Gasteiger partial charge in [0.25, 0.3) is 0 Å². The van der Waals surface area contributed by atoms with E-state index in [1.54, 1.807) is 13.2 Å². The summed E-state index contributed by atoms with van der Waals surface area (Å²) < 4.78 is 10.3. The van der Waals surface area contributed by atoms with Gasteiger partial charge in [0.1, 0.15) is 12.4 Å². The molecule has 0 radical (unpaired) electrons. The Morgan fingerprint density at radius 1 is 1.36 bits per heavy atom. The molecule has 14 heavy (non-hydrogen) atoms. The molecule has 4 heteroatoms. The Labute approximate surface area is 88.8 Å². The van der Waals surface area contributed by atoms with Gasteiger partial charge in [-0.05, 0) is 12.1 Å². The molecule has 78 valence electrons. The molecule has 0 fully saturated rings. The molecule has 0 aliphatic carbocycles. The summed E-state index contributed by atoms with van der Waals surface area (Å²) in [5, 5.41) is 0.595. The van der Waals surface area contributed by atoms with Gasteiger partial charge < -0.3 is 15.2 Å². The van der Waals surface area contributed by atoms with Gasteiger partial charge in [0.15, 0.2) is 0 Å². The molecule has 0 bridgehead atoms. The number of hydrogen-bond donors (Lipinski definition) is 1. The second-order valence-electron chi connectivity index (χ2n) is 2.96. The molecule has 1 aromatic rings. The highest BCUT2D eigenvalue weighted by atomic mass is 35.5. The zero-order valence-electron chi connectivity index (χ0n) is 8.07. The molecule has 1 aromatic carbocycles. The Hall–Kier alpha value is -0.770. The van der Waals surface area contributed by atoms with Crippen molar-refractivity contribution in [3.8, 4) is 5.75 Å². The Kier molecular flexibility index (Phi) is 4.73. The highest BCUT2D eigenvalue weighted by Gasteiger charge is 2.04. The van der Waals surface area contributed by atoms with Crippen LogP contribution < -0.4 is 10.5 Å². The van der Waals surface area contributed by atoms with E-state index in [1.807, 2.05) is 18.2 Å². The predicted octanol–water partition coefficient (Wildman–Crippen LogP) is 1.69. The van der Waals surface area contributed by atoms with Crippen molar-refractivity contribution >= 4 is 11.6 Å². The Bertz CT molecular complexity index is 281. The molecule has 1 atom stereocenters. The Morgan fingerprint density at radius 2 is 2.07 bits per heavy atom. The number of rotatable bonds is 5. The molecule has 0 aromatic heterocycles. The lowest BCUT2D eigenvalue weighted by Gasteiger charge is -2.12. The standard InChI is InChI=1S/C10H14ClNO2/c1-13-6-8(12)7-14-10-5-3-2-4-9(10)11/h2-5,8H,6-7,12H2,1H3. The zero-order valence-corrected chi connectivity index (χ0v) is 8.83. The first-order valence-electron chi connectivity index (χ1n) is 4.36. The second kappa shape index (κ2) is 5.86. The zero-order chi connectivity index (χ0) is 10.4. The fraction of sp³-hybridized carbons (Fsp3) is 0.400. The monoisotopic (exact) mass is 215 g/mol. The van der Waals surface area contributed by atoms with Crippen LogP contribution in [0.25, 0.3) is 0 Å². The minimum absolute atomic E-state index is 0.128. The number of halogens is 1. The van der Waals surface area contributed by atoms with E-state index in [2.05, 4.69) is 0 Å². The first kappa shape index (κ1) is 11.3. The predicted molar refractivity (Wildman–Crippen MR) is 56.8 cm³/mol. The van der Waals surface area contributed by atoms with Gasteiger partial charge in [0.05, 0.1) is 17.7 Å². The van der Waals surface area contributed by atoms with E-state index in [9.17, 15) is 0 Å². The molecule has 0 spiro atoms. The first-order chi connectivity index (χ1) is 6.74. The van der Waals surface area contributed by atoms with Crippen LogP contribution in [0.5, 0.6) is 5.75 Å². The van der Waals surface area contributed by atoms with Gasteiger partial charge in [0, 0.05) is 7.11 Å².